The van der Waals surface area contributed by atoms with Crippen LogP contribution < -0.4 is 10.1 Å². The van der Waals surface area contributed by atoms with Crippen molar-refractivity contribution in [1.29, 1.82) is 0 Å². The van der Waals surface area contributed by atoms with Crippen LogP contribution in [0.1, 0.15) is 46.0 Å². The normalized spacial score (nSPS) is 10.5. The second-order valence-electron chi connectivity index (χ2n) is 7.18. The van der Waals surface area contributed by atoms with Crippen molar-refractivity contribution in [1.82, 2.24) is 0 Å². The number of amides is 1. The van der Waals surface area contributed by atoms with Crippen molar-refractivity contribution in [3.05, 3.63) is 88.4 Å². The second kappa shape index (κ2) is 10.6. The van der Waals surface area contributed by atoms with Crippen LogP contribution in [0.5, 0.6) is 11.5 Å². The molecular weight excluding hydrogens is 414 g/mol. The van der Waals surface area contributed by atoms with Crippen LogP contribution in [0.2, 0.25) is 5.02 Å². The highest BCUT2D eigenvalue weighted by Gasteiger charge is 2.16. The number of carbonyl (C=O) groups is 2. The molecule has 0 aliphatic heterocycles. The summed E-state index contributed by atoms with van der Waals surface area (Å²) in [5, 5.41) is 13.1. The molecule has 6 heteroatoms. The van der Waals surface area contributed by atoms with Gasteiger partial charge in [-0.3, -0.25) is 9.59 Å². The molecule has 0 heterocycles. The molecule has 0 saturated heterocycles. The van der Waals surface area contributed by atoms with Crippen LogP contribution in [0.15, 0.2) is 66.7 Å². The Morgan fingerprint density at radius 3 is 2.39 bits per heavy atom. The topological polar surface area (TPSA) is 75.6 Å². The number of rotatable bonds is 9. The van der Waals surface area contributed by atoms with E-state index in [4.69, 9.17) is 16.3 Å². The Morgan fingerprint density at radius 2 is 1.71 bits per heavy atom. The standard InChI is InChI=1S/C25H24ClNO4/c1-17(28)22-15-20(26)16-23(24(22)29)27-25(30)19-10-12-21(13-11-19)31-14-6-5-9-18-7-3-2-4-8-18/h2-4,7-8,10-13,15-16,29H,5-6,9,14H2,1H3,(H,27,30). The van der Waals surface area contributed by atoms with Gasteiger partial charge in [0, 0.05) is 10.6 Å². The number of Topliss-reactive ketones (excluding diaryl/α,β-unsaturated/α-hetero) is 1. The molecule has 0 saturated carbocycles. The maximum Gasteiger partial charge on any atom is 0.255 e. The van der Waals surface area contributed by atoms with Crippen molar-refractivity contribution >= 4 is 29.0 Å². The van der Waals surface area contributed by atoms with Crippen LogP contribution in [0.3, 0.4) is 0 Å². The van der Waals surface area contributed by atoms with E-state index in [0.717, 1.165) is 19.3 Å². The minimum atomic E-state index is -0.429. The molecule has 31 heavy (non-hydrogen) atoms. The third-order valence-corrected chi connectivity index (χ3v) is 5.01. The molecule has 3 aromatic rings. The molecule has 0 aliphatic carbocycles. The number of benzene rings is 3. The molecule has 0 aromatic heterocycles. The Hall–Kier alpha value is -3.31. The smallest absolute Gasteiger partial charge is 0.255 e. The van der Waals surface area contributed by atoms with Gasteiger partial charge in [0.15, 0.2) is 5.78 Å². The summed E-state index contributed by atoms with van der Waals surface area (Å²) in [6.45, 7) is 1.92. The number of anilines is 1. The van der Waals surface area contributed by atoms with Crippen molar-refractivity contribution in [2.75, 3.05) is 11.9 Å². The van der Waals surface area contributed by atoms with Gasteiger partial charge in [-0.15, -0.1) is 0 Å². The summed E-state index contributed by atoms with van der Waals surface area (Å²) in [6.07, 6.45) is 2.99. The fourth-order valence-electron chi connectivity index (χ4n) is 3.13. The average Bonchev–Trinajstić information content (AvgIpc) is 2.76. The van der Waals surface area contributed by atoms with E-state index in [2.05, 4.69) is 17.4 Å². The Morgan fingerprint density at radius 1 is 1.00 bits per heavy atom. The first kappa shape index (κ1) is 22.4. The van der Waals surface area contributed by atoms with Crippen molar-refractivity contribution < 1.29 is 19.4 Å². The predicted octanol–water partition coefficient (Wildman–Crippen LogP) is 5.90. The first-order chi connectivity index (χ1) is 14.9. The molecule has 3 rings (SSSR count). The highest BCUT2D eigenvalue weighted by atomic mass is 35.5. The second-order valence-corrected chi connectivity index (χ2v) is 7.61. The predicted molar refractivity (Wildman–Crippen MR) is 122 cm³/mol. The minimum Gasteiger partial charge on any atom is -0.505 e. The molecule has 3 aromatic carbocycles. The molecule has 0 radical (unpaired) electrons. The zero-order valence-electron chi connectivity index (χ0n) is 17.2. The zero-order chi connectivity index (χ0) is 22.2. The summed E-state index contributed by atoms with van der Waals surface area (Å²) in [5.74, 6) is -0.399. The molecule has 0 aliphatic rings. The summed E-state index contributed by atoms with van der Waals surface area (Å²) in [5.41, 5.74) is 1.85. The van der Waals surface area contributed by atoms with Crippen molar-refractivity contribution in [3.8, 4) is 11.5 Å². The van der Waals surface area contributed by atoms with E-state index < -0.39 is 5.91 Å². The number of ether oxygens (including phenoxy) is 1. The van der Waals surface area contributed by atoms with E-state index in [1.54, 1.807) is 24.3 Å². The van der Waals surface area contributed by atoms with Crippen LogP contribution in [-0.2, 0) is 6.42 Å². The quantitative estimate of drug-likeness (QED) is 0.248. The molecule has 0 unspecified atom stereocenters. The van der Waals surface area contributed by atoms with E-state index in [1.165, 1.54) is 24.6 Å². The molecule has 2 N–H and O–H groups in total. The fourth-order valence-corrected chi connectivity index (χ4v) is 3.34. The van der Waals surface area contributed by atoms with Gasteiger partial charge in [0.05, 0.1) is 17.9 Å². The monoisotopic (exact) mass is 437 g/mol. The number of phenolic OH excluding ortho intramolecular Hbond substituents is 1. The zero-order valence-corrected chi connectivity index (χ0v) is 18.0. The summed E-state index contributed by atoms with van der Waals surface area (Å²) in [6, 6.07) is 19.8. The van der Waals surface area contributed by atoms with Crippen molar-refractivity contribution in [2.45, 2.75) is 26.2 Å². The first-order valence-electron chi connectivity index (χ1n) is 10.1. The van der Waals surface area contributed by atoms with E-state index in [9.17, 15) is 14.7 Å². The number of aryl methyl sites for hydroxylation is 1. The maximum absolute atomic E-state index is 12.5. The maximum atomic E-state index is 12.5. The van der Waals surface area contributed by atoms with E-state index in [-0.39, 0.29) is 27.8 Å². The number of phenols is 1. The first-order valence-corrected chi connectivity index (χ1v) is 10.4. The Bertz CT molecular complexity index is 1050. The lowest BCUT2D eigenvalue weighted by Gasteiger charge is -2.11. The molecule has 0 atom stereocenters. The molecule has 0 bridgehead atoms. The third kappa shape index (κ3) is 6.33. The lowest BCUT2D eigenvalue weighted by molar-refractivity contribution is 0.100. The van der Waals surface area contributed by atoms with E-state index in [0.29, 0.717) is 17.9 Å². The van der Waals surface area contributed by atoms with Gasteiger partial charge >= 0.3 is 0 Å². The number of hydrogen-bond donors (Lipinski definition) is 2. The van der Waals surface area contributed by atoms with Crippen LogP contribution in [0.25, 0.3) is 0 Å². The van der Waals surface area contributed by atoms with Crippen LogP contribution >= 0.6 is 11.6 Å². The molecule has 0 fully saturated rings. The van der Waals surface area contributed by atoms with E-state index in [1.807, 2.05) is 18.2 Å². The molecule has 5 nitrogen and oxygen atoms in total. The van der Waals surface area contributed by atoms with Gasteiger partial charge in [0.2, 0.25) is 0 Å². The van der Waals surface area contributed by atoms with Gasteiger partial charge < -0.3 is 15.2 Å². The lowest BCUT2D eigenvalue weighted by atomic mass is 10.1. The van der Waals surface area contributed by atoms with Crippen molar-refractivity contribution in [3.63, 3.8) is 0 Å². The highest BCUT2D eigenvalue weighted by molar-refractivity contribution is 6.31. The molecule has 0 spiro atoms. The summed E-state index contributed by atoms with van der Waals surface area (Å²) >= 11 is 5.99. The van der Waals surface area contributed by atoms with Gasteiger partial charge in [-0.25, -0.2) is 0 Å². The van der Waals surface area contributed by atoms with E-state index >= 15 is 0 Å². The fraction of sp³-hybridized carbons (Fsp3) is 0.200. The Balaban J connectivity index is 1.52. The van der Waals surface area contributed by atoms with Crippen LogP contribution in [-0.4, -0.2) is 23.4 Å². The highest BCUT2D eigenvalue weighted by Crippen LogP contribution is 2.32. The summed E-state index contributed by atoms with van der Waals surface area (Å²) in [7, 11) is 0. The molecule has 1 amide bonds. The number of carbonyl (C=O) groups excluding carboxylic acids is 2. The lowest BCUT2D eigenvalue weighted by Crippen LogP contribution is -2.12. The summed E-state index contributed by atoms with van der Waals surface area (Å²) in [4.78, 5) is 24.1. The summed E-state index contributed by atoms with van der Waals surface area (Å²) < 4.78 is 5.75. The third-order valence-electron chi connectivity index (χ3n) is 4.79. The largest absolute Gasteiger partial charge is 0.505 e. The molecular formula is C25H24ClNO4. The SMILES string of the molecule is CC(=O)c1cc(Cl)cc(NC(=O)c2ccc(OCCCCc3ccccc3)cc2)c1O. The Labute approximate surface area is 186 Å². The minimum absolute atomic E-state index is 0.0545. The Kier molecular flexibility index (Phi) is 7.68. The van der Waals surface area contributed by atoms with Gasteiger partial charge in [-0.2, -0.15) is 0 Å². The number of unbranched alkanes of at least 4 members (excludes halogenated alkanes) is 1. The average molecular weight is 438 g/mol. The van der Waals surface area contributed by atoms with Gasteiger partial charge in [0.25, 0.3) is 5.91 Å². The van der Waals surface area contributed by atoms with Gasteiger partial charge in [-0.1, -0.05) is 41.9 Å². The number of halogens is 1. The number of ketones is 1. The number of aromatic hydroxyl groups is 1. The van der Waals surface area contributed by atoms with Gasteiger partial charge in [0.1, 0.15) is 11.5 Å². The van der Waals surface area contributed by atoms with Gasteiger partial charge in [-0.05, 0) is 68.1 Å². The molecule has 160 valence electrons. The number of hydrogen-bond acceptors (Lipinski definition) is 4. The van der Waals surface area contributed by atoms with Crippen LogP contribution in [0, 0.1) is 0 Å². The number of nitrogens with one attached hydrogen (secondary N) is 1. The van der Waals surface area contributed by atoms with Crippen molar-refractivity contribution in [2.24, 2.45) is 0 Å². The van der Waals surface area contributed by atoms with Crippen LogP contribution in [0.4, 0.5) is 5.69 Å².